The average molecular weight is 798 g/mol. The molecule has 0 spiro atoms. The SMILES string of the molecule is CCSc1nc2c3c(nc(-c4cccc5ccc(F)c(C#C[Si](C(C)C)(C(C)C)C(C)C)c45)c(F)c3n1)[C@H](CC)C[C@@H]1[C@@H]3CC[C@H](CN21)N3C(=O)OC(C)(C)C. The zero-order valence-electron chi connectivity index (χ0n) is 34.9. The van der Waals surface area contributed by atoms with E-state index in [1.54, 1.807) is 6.07 Å². The van der Waals surface area contributed by atoms with Crippen LogP contribution in [-0.4, -0.2) is 70.0 Å². The highest BCUT2D eigenvalue weighted by Gasteiger charge is 2.52. The first-order valence-corrected chi connectivity index (χ1v) is 23.8. The summed E-state index contributed by atoms with van der Waals surface area (Å²) in [4.78, 5) is 33.3. The van der Waals surface area contributed by atoms with Crippen molar-refractivity contribution in [3.63, 3.8) is 0 Å². The molecule has 0 aliphatic carbocycles. The van der Waals surface area contributed by atoms with Crippen LogP contribution in [0, 0.1) is 23.1 Å². The van der Waals surface area contributed by atoms with Crippen LogP contribution in [0.25, 0.3) is 32.9 Å². The summed E-state index contributed by atoms with van der Waals surface area (Å²) >= 11 is 1.48. The molecule has 3 aliphatic rings. The molecule has 4 aromatic rings. The maximum atomic E-state index is 17.7. The van der Waals surface area contributed by atoms with Gasteiger partial charge in [-0.3, -0.25) is 4.90 Å². The minimum atomic E-state index is -2.23. The number of hydrogen-bond donors (Lipinski definition) is 0. The summed E-state index contributed by atoms with van der Waals surface area (Å²) in [6, 6.07) is 8.69. The summed E-state index contributed by atoms with van der Waals surface area (Å²) < 4.78 is 39.8. The lowest BCUT2D eigenvalue weighted by atomic mass is 9.88. The average Bonchev–Trinajstić information content (AvgIpc) is 3.39. The minimum Gasteiger partial charge on any atom is -0.444 e. The van der Waals surface area contributed by atoms with Gasteiger partial charge in [0.25, 0.3) is 0 Å². The van der Waals surface area contributed by atoms with E-state index in [0.717, 1.165) is 30.3 Å². The van der Waals surface area contributed by atoms with E-state index in [4.69, 9.17) is 19.7 Å². The van der Waals surface area contributed by atoms with E-state index in [9.17, 15) is 4.79 Å². The third-order valence-corrected chi connectivity index (χ3v) is 19.7. The number of nitrogens with zero attached hydrogens (tertiary/aromatic N) is 5. The van der Waals surface area contributed by atoms with Crippen molar-refractivity contribution in [3.8, 4) is 22.7 Å². The van der Waals surface area contributed by atoms with Crippen molar-refractivity contribution in [2.24, 2.45) is 0 Å². The van der Waals surface area contributed by atoms with Crippen LogP contribution in [0.3, 0.4) is 0 Å². The third-order valence-electron chi connectivity index (χ3n) is 12.6. The molecule has 0 saturated carbocycles. The first-order chi connectivity index (χ1) is 26.5. The van der Waals surface area contributed by atoms with Crippen LogP contribution >= 0.6 is 11.8 Å². The zero-order valence-corrected chi connectivity index (χ0v) is 36.7. The Morgan fingerprint density at radius 1 is 0.964 bits per heavy atom. The van der Waals surface area contributed by atoms with Gasteiger partial charge in [0.15, 0.2) is 11.0 Å². The fourth-order valence-corrected chi connectivity index (χ4v) is 16.0. The number of halogens is 2. The van der Waals surface area contributed by atoms with Gasteiger partial charge >= 0.3 is 6.09 Å². The maximum Gasteiger partial charge on any atom is 0.410 e. The van der Waals surface area contributed by atoms with Gasteiger partial charge in [-0.15, -0.1) is 5.54 Å². The Bertz CT molecular complexity index is 2220. The number of pyridine rings is 1. The summed E-state index contributed by atoms with van der Waals surface area (Å²) in [6.07, 6.45) is 2.90. The second-order valence-corrected chi connectivity index (χ2v) is 24.7. The van der Waals surface area contributed by atoms with Crippen molar-refractivity contribution in [2.75, 3.05) is 17.2 Å². The first kappa shape index (κ1) is 40.4. The lowest BCUT2D eigenvalue weighted by Crippen LogP contribution is -2.62. The van der Waals surface area contributed by atoms with Gasteiger partial charge in [-0.05, 0) is 80.3 Å². The maximum absolute atomic E-state index is 17.7. The zero-order chi connectivity index (χ0) is 40.4. The van der Waals surface area contributed by atoms with Crippen molar-refractivity contribution >= 4 is 53.4 Å². The van der Waals surface area contributed by atoms with E-state index < -0.39 is 25.3 Å². The fourth-order valence-electron chi connectivity index (χ4n) is 10.2. The molecule has 5 heterocycles. The first-order valence-electron chi connectivity index (χ1n) is 20.6. The smallest absolute Gasteiger partial charge is 0.410 e. The Kier molecular flexibility index (Phi) is 11.0. The van der Waals surface area contributed by atoms with E-state index in [1.807, 2.05) is 50.8 Å². The molecule has 56 heavy (non-hydrogen) atoms. The van der Waals surface area contributed by atoms with Gasteiger partial charge in [0, 0.05) is 23.4 Å². The van der Waals surface area contributed by atoms with Crippen LogP contribution in [0.5, 0.6) is 0 Å². The number of hydrogen-bond acceptors (Lipinski definition) is 7. The summed E-state index contributed by atoms with van der Waals surface area (Å²) in [5.74, 6) is 3.77. The van der Waals surface area contributed by atoms with E-state index in [2.05, 4.69) is 64.8 Å². The highest BCUT2D eigenvalue weighted by molar-refractivity contribution is 7.99. The van der Waals surface area contributed by atoms with Gasteiger partial charge in [-0.1, -0.05) is 97.3 Å². The van der Waals surface area contributed by atoms with Crippen molar-refractivity contribution in [1.29, 1.82) is 0 Å². The molecule has 0 radical (unpaired) electrons. The largest absolute Gasteiger partial charge is 0.444 e. The lowest BCUT2D eigenvalue weighted by Gasteiger charge is -2.47. The van der Waals surface area contributed by atoms with Gasteiger partial charge in [0.1, 0.15) is 36.5 Å². The number of amides is 1. The standard InChI is InChI=1S/C45H57F2N5O2SSi/c1-12-28-23-35-34-20-18-30(52(34)44(53)54-45(9,10)11)24-51(35)42-37-39(28)48-40(38(47)41(37)49-43(50-42)55-13-2)32-16-14-15-29-17-19-33(46)31(36(29)32)21-22-56(25(3)4,26(5)6)27(7)8/h14-17,19,25-28,30,34-35H,12-13,18,20,23-24H2,1-11H3/t28-,30-,34+,35-/m1/s1. The molecule has 2 aromatic heterocycles. The predicted molar refractivity (Wildman–Crippen MR) is 228 cm³/mol. The van der Waals surface area contributed by atoms with Crippen LogP contribution in [-0.2, 0) is 4.74 Å². The van der Waals surface area contributed by atoms with Gasteiger partial charge in [-0.2, -0.15) is 0 Å². The highest BCUT2D eigenvalue weighted by atomic mass is 32.2. The number of carbonyl (C=O) groups is 1. The number of anilines is 1. The van der Waals surface area contributed by atoms with Crippen LogP contribution < -0.4 is 4.90 Å². The minimum absolute atomic E-state index is 0.0499. The Morgan fingerprint density at radius 2 is 1.68 bits per heavy atom. The van der Waals surface area contributed by atoms with Gasteiger partial charge in [0.2, 0.25) is 0 Å². The molecule has 0 unspecified atom stereocenters. The van der Waals surface area contributed by atoms with Crippen LogP contribution in [0.15, 0.2) is 35.5 Å². The van der Waals surface area contributed by atoms with Crippen LogP contribution in [0.4, 0.5) is 19.4 Å². The molecular formula is C45H57F2N5O2SSi. The van der Waals surface area contributed by atoms with Crippen molar-refractivity contribution in [3.05, 3.63) is 53.2 Å². The molecule has 7 nitrogen and oxygen atoms in total. The van der Waals surface area contributed by atoms with Crippen LogP contribution in [0.1, 0.15) is 119 Å². The molecular weight excluding hydrogens is 741 g/mol. The van der Waals surface area contributed by atoms with Crippen molar-refractivity contribution in [1.82, 2.24) is 19.9 Å². The van der Waals surface area contributed by atoms with Crippen molar-refractivity contribution in [2.45, 2.75) is 153 Å². The molecule has 4 atom stereocenters. The number of rotatable bonds is 7. The molecule has 3 aliphatic heterocycles. The molecule has 2 fully saturated rings. The molecule has 0 N–H and O–H groups in total. The number of thioether (sulfide) groups is 1. The number of benzene rings is 2. The summed E-state index contributed by atoms with van der Waals surface area (Å²) in [6.45, 7) is 23.9. The number of aromatic nitrogens is 3. The quantitative estimate of drug-likeness (QED) is 0.0798. The van der Waals surface area contributed by atoms with E-state index in [0.29, 0.717) is 62.7 Å². The van der Waals surface area contributed by atoms with Crippen LogP contribution in [0.2, 0.25) is 16.6 Å². The van der Waals surface area contributed by atoms with E-state index in [-0.39, 0.29) is 46.9 Å². The van der Waals surface area contributed by atoms with E-state index in [1.165, 1.54) is 17.8 Å². The summed E-state index contributed by atoms with van der Waals surface area (Å²) in [5, 5.41) is 2.48. The fraction of sp³-hybridized carbons (Fsp3) is 0.556. The van der Waals surface area contributed by atoms with E-state index >= 15 is 8.78 Å². The lowest BCUT2D eigenvalue weighted by molar-refractivity contribution is 0.00685. The second-order valence-electron chi connectivity index (χ2n) is 17.9. The van der Waals surface area contributed by atoms with Gasteiger partial charge in [0.05, 0.1) is 34.8 Å². The van der Waals surface area contributed by atoms with Gasteiger partial charge in [-0.25, -0.2) is 28.5 Å². The molecule has 7 rings (SSSR count). The summed E-state index contributed by atoms with van der Waals surface area (Å²) in [5.41, 5.74) is 6.14. The van der Waals surface area contributed by atoms with Crippen molar-refractivity contribution < 1.29 is 18.3 Å². The monoisotopic (exact) mass is 797 g/mol. The Morgan fingerprint density at radius 3 is 2.32 bits per heavy atom. The third kappa shape index (κ3) is 6.76. The summed E-state index contributed by atoms with van der Waals surface area (Å²) in [7, 11) is -2.23. The normalized spacial score (nSPS) is 20.9. The Labute approximate surface area is 336 Å². The Hall–Kier alpha value is -3.75. The molecule has 2 aromatic carbocycles. The molecule has 298 valence electrons. The molecule has 11 heteroatoms. The number of piperazine rings is 1. The predicted octanol–water partition coefficient (Wildman–Crippen LogP) is 11.7. The molecule has 2 bridgehead atoms. The number of ether oxygens (including phenoxy) is 1. The highest BCUT2D eigenvalue weighted by Crippen LogP contribution is 2.49. The number of fused-ring (bicyclic) bond motifs is 6. The Balaban J connectivity index is 1.46. The number of carbonyl (C=O) groups excluding carboxylic acids is 1. The second kappa shape index (κ2) is 15.2. The van der Waals surface area contributed by atoms with Gasteiger partial charge < -0.3 is 9.64 Å². The molecule has 1 amide bonds. The topological polar surface area (TPSA) is 71.5 Å². The molecule has 2 saturated heterocycles.